The van der Waals surface area contributed by atoms with E-state index in [4.69, 9.17) is 0 Å². The van der Waals surface area contributed by atoms with E-state index in [1.165, 1.54) is 18.1 Å². The molecule has 1 aromatic heterocycles. The molecular weight excluding hydrogens is 350 g/mol. The van der Waals surface area contributed by atoms with E-state index in [0.29, 0.717) is 13.1 Å². The molecular formula is C23H29N3O2. The molecule has 3 rings (SSSR count). The Morgan fingerprint density at radius 3 is 2.61 bits per heavy atom. The molecule has 1 aliphatic carbocycles. The highest BCUT2D eigenvalue weighted by atomic mass is 16.2. The minimum absolute atomic E-state index is 0.0302. The number of hydrogen-bond acceptors (Lipinski definition) is 2. The van der Waals surface area contributed by atoms with E-state index in [9.17, 15) is 9.59 Å². The summed E-state index contributed by atoms with van der Waals surface area (Å²) in [5.74, 6) is -0.0667. The quantitative estimate of drug-likeness (QED) is 0.627. The first kappa shape index (κ1) is 19.9. The number of rotatable bonds is 9. The molecule has 1 aliphatic rings. The van der Waals surface area contributed by atoms with Crippen molar-refractivity contribution >= 4 is 11.8 Å². The standard InChI is InChI=1S/C23H29N3O2/c1-4-13-25(23(28)17-26(19(3)27)21-11-12-21)16-22-10-7-14-24(22)15-20-9-6-5-8-18(20)2/h4-10,14,21H,1,11-13,15-17H2,2-3H3. The van der Waals surface area contributed by atoms with Crippen molar-refractivity contribution in [1.82, 2.24) is 14.4 Å². The van der Waals surface area contributed by atoms with Gasteiger partial charge in [0.15, 0.2) is 0 Å². The molecule has 148 valence electrons. The van der Waals surface area contributed by atoms with Crippen LogP contribution in [0.15, 0.2) is 55.3 Å². The van der Waals surface area contributed by atoms with Crippen molar-refractivity contribution in [3.05, 3.63) is 72.1 Å². The number of nitrogens with zero attached hydrogens (tertiary/aromatic N) is 3. The van der Waals surface area contributed by atoms with Crippen LogP contribution in [0.1, 0.15) is 36.6 Å². The van der Waals surface area contributed by atoms with Gasteiger partial charge in [-0.05, 0) is 43.0 Å². The highest BCUT2D eigenvalue weighted by Crippen LogP contribution is 2.27. The second kappa shape index (κ2) is 8.91. The molecule has 28 heavy (non-hydrogen) atoms. The third-order valence-corrected chi connectivity index (χ3v) is 5.28. The third kappa shape index (κ3) is 4.91. The molecule has 0 aliphatic heterocycles. The van der Waals surface area contributed by atoms with Gasteiger partial charge in [0.05, 0.1) is 6.54 Å². The maximum atomic E-state index is 12.9. The molecule has 0 radical (unpaired) electrons. The summed E-state index contributed by atoms with van der Waals surface area (Å²) in [6.07, 6.45) is 5.77. The topological polar surface area (TPSA) is 45.6 Å². The molecule has 5 heteroatoms. The molecule has 0 unspecified atom stereocenters. The molecule has 2 amide bonds. The zero-order chi connectivity index (χ0) is 20.1. The lowest BCUT2D eigenvalue weighted by molar-refractivity contribution is -0.140. The summed E-state index contributed by atoms with van der Waals surface area (Å²) in [6.45, 7) is 9.32. The Hall–Kier alpha value is -2.82. The summed E-state index contributed by atoms with van der Waals surface area (Å²) < 4.78 is 2.18. The van der Waals surface area contributed by atoms with Crippen LogP contribution in [-0.2, 0) is 22.7 Å². The highest BCUT2D eigenvalue weighted by Gasteiger charge is 2.33. The minimum Gasteiger partial charge on any atom is -0.345 e. The molecule has 2 aromatic rings. The number of aromatic nitrogens is 1. The van der Waals surface area contributed by atoms with Crippen LogP contribution in [0.25, 0.3) is 0 Å². The van der Waals surface area contributed by atoms with Crippen molar-refractivity contribution in [3.8, 4) is 0 Å². The van der Waals surface area contributed by atoms with Crippen LogP contribution in [0.4, 0.5) is 0 Å². The Morgan fingerprint density at radius 1 is 1.21 bits per heavy atom. The van der Waals surface area contributed by atoms with Gasteiger partial charge >= 0.3 is 0 Å². The average Bonchev–Trinajstić information content (AvgIpc) is 3.41. The van der Waals surface area contributed by atoms with Gasteiger partial charge in [0.2, 0.25) is 11.8 Å². The number of benzene rings is 1. The van der Waals surface area contributed by atoms with Crippen molar-refractivity contribution in [2.24, 2.45) is 0 Å². The van der Waals surface area contributed by atoms with Crippen LogP contribution in [0.5, 0.6) is 0 Å². The number of carbonyl (C=O) groups is 2. The van der Waals surface area contributed by atoms with Crippen LogP contribution in [0.3, 0.4) is 0 Å². The Morgan fingerprint density at radius 2 is 1.96 bits per heavy atom. The van der Waals surface area contributed by atoms with Crippen molar-refractivity contribution in [1.29, 1.82) is 0 Å². The Kier molecular flexibility index (Phi) is 6.34. The number of hydrogen-bond donors (Lipinski definition) is 0. The fourth-order valence-corrected chi connectivity index (χ4v) is 3.45. The van der Waals surface area contributed by atoms with E-state index in [2.05, 4.69) is 30.2 Å². The predicted octanol–water partition coefficient (Wildman–Crippen LogP) is 3.37. The van der Waals surface area contributed by atoms with Crippen LogP contribution in [-0.4, -0.2) is 45.3 Å². The van der Waals surface area contributed by atoms with Crippen molar-refractivity contribution in [2.45, 2.75) is 45.8 Å². The van der Waals surface area contributed by atoms with Crippen molar-refractivity contribution in [2.75, 3.05) is 13.1 Å². The van der Waals surface area contributed by atoms with Crippen molar-refractivity contribution in [3.63, 3.8) is 0 Å². The molecule has 0 atom stereocenters. The summed E-state index contributed by atoms with van der Waals surface area (Å²) in [4.78, 5) is 28.3. The van der Waals surface area contributed by atoms with E-state index in [1.807, 2.05) is 30.5 Å². The van der Waals surface area contributed by atoms with E-state index in [1.54, 1.807) is 15.9 Å². The second-order valence-electron chi connectivity index (χ2n) is 7.49. The van der Waals surface area contributed by atoms with Crippen LogP contribution >= 0.6 is 0 Å². The van der Waals surface area contributed by atoms with Gasteiger partial charge in [-0.15, -0.1) is 6.58 Å². The average molecular weight is 380 g/mol. The molecule has 5 nitrogen and oxygen atoms in total. The highest BCUT2D eigenvalue weighted by molar-refractivity contribution is 5.84. The normalized spacial score (nSPS) is 13.2. The Balaban J connectivity index is 1.71. The van der Waals surface area contributed by atoms with Gasteiger partial charge in [-0.25, -0.2) is 0 Å². The molecule has 1 aromatic carbocycles. The third-order valence-electron chi connectivity index (χ3n) is 5.28. The number of carbonyl (C=O) groups excluding carboxylic acids is 2. The molecule has 0 bridgehead atoms. The molecule has 1 saturated carbocycles. The monoisotopic (exact) mass is 379 g/mol. The van der Waals surface area contributed by atoms with Gasteiger partial charge in [-0.2, -0.15) is 0 Å². The lowest BCUT2D eigenvalue weighted by atomic mass is 10.1. The zero-order valence-corrected chi connectivity index (χ0v) is 16.8. The first-order valence-electron chi connectivity index (χ1n) is 9.84. The van der Waals surface area contributed by atoms with Crippen molar-refractivity contribution < 1.29 is 9.59 Å². The van der Waals surface area contributed by atoms with Gasteiger partial charge in [0.1, 0.15) is 6.54 Å². The van der Waals surface area contributed by atoms with Gasteiger partial charge in [-0.3, -0.25) is 9.59 Å². The Bertz CT molecular complexity index is 851. The van der Waals surface area contributed by atoms with Crippen LogP contribution < -0.4 is 0 Å². The van der Waals surface area contributed by atoms with Gasteiger partial charge in [0.25, 0.3) is 0 Å². The fraction of sp³-hybridized carbons (Fsp3) is 0.391. The van der Waals surface area contributed by atoms with E-state index >= 15 is 0 Å². The molecule has 0 saturated heterocycles. The maximum Gasteiger partial charge on any atom is 0.242 e. The summed E-state index contributed by atoms with van der Waals surface area (Å²) in [6, 6.07) is 12.6. The molecule has 1 heterocycles. The Labute approximate surface area is 167 Å². The van der Waals surface area contributed by atoms with Crippen LogP contribution in [0.2, 0.25) is 0 Å². The molecule has 0 spiro atoms. The first-order chi connectivity index (χ1) is 13.5. The SMILES string of the molecule is C=CCN(Cc1cccn1Cc1ccccc1C)C(=O)CN(C(C)=O)C1CC1. The lowest BCUT2D eigenvalue weighted by Gasteiger charge is -2.27. The number of aryl methyl sites for hydroxylation is 1. The van der Waals surface area contributed by atoms with E-state index in [-0.39, 0.29) is 24.4 Å². The maximum absolute atomic E-state index is 12.9. The second-order valence-corrected chi connectivity index (χ2v) is 7.49. The first-order valence-corrected chi connectivity index (χ1v) is 9.84. The van der Waals surface area contributed by atoms with Crippen LogP contribution in [0, 0.1) is 6.92 Å². The molecule has 1 fully saturated rings. The lowest BCUT2D eigenvalue weighted by Crippen LogP contribution is -2.43. The smallest absolute Gasteiger partial charge is 0.242 e. The largest absolute Gasteiger partial charge is 0.345 e. The summed E-state index contributed by atoms with van der Waals surface area (Å²) in [5.41, 5.74) is 3.58. The van der Waals surface area contributed by atoms with Gasteiger partial charge < -0.3 is 14.4 Å². The predicted molar refractivity (Wildman–Crippen MR) is 111 cm³/mol. The summed E-state index contributed by atoms with van der Waals surface area (Å²) in [7, 11) is 0. The fourth-order valence-electron chi connectivity index (χ4n) is 3.45. The van der Waals surface area contributed by atoms with E-state index in [0.717, 1.165) is 25.1 Å². The zero-order valence-electron chi connectivity index (χ0n) is 16.8. The number of amides is 2. The minimum atomic E-state index is -0.0364. The van der Waals surface area contributed by atoms with Gasteiger partial charge in [-0.1, -0.05) is 30.3 Å². The van der Waals surface area contributed by atoms with Gasteiger partial charge in [0, 0.05) is 37.9 Å². The summed E-state index contributed by atoms with van der Waals surface area (Å²) >= 11 is 0. The summed E-state index contributed by atoms with van der Waals surface area (Å²) in [5, 5.41) is 0. The van der Waals surface area contributed by atoms with E-state index < -0.39 is 0 Å². The molecule has 0 N–H and O–H groups in total.